The van der Waals surface area contributed by atoms with E-state index in [2.05, 4.69) is 145 Å². The molecule has 2 heteroatoms. The normalized spacial score (nSPS) is 13.0. The smallest absolute Gasteiger partial charge is 0.0540 e. The topological polar surface area (TPSA) is 6.48 Å². The fourth-order valence-corrected chi connectivity index (χ4v) is 6.87. The standard InChI is InChI=1S/C38H30N2/c1-25-22-26(2)24-31(23-25)40(30-9-4-3-5-10-30)36-19-15-29-12-16-32-35(39-21-20-27-8-6-7-11-34(27)39)18-14-28-13-17-33(36)38(29)37(28)32/h3-19,22-24H,20-21H2,1-2H3. The van der Waals surface area contributed by atoms with Crippen molar-refractivity contribution in [3.8, 4) is 0 Å². The fourth-order valence-electron chi connectivity index (χ4n) is 6.87. The van der Waals surface area contributed by atoms with Gasteiger partial charge in [0, 0.05) is 40.1 Å². The number of rotatable bonds is 4. The number of aryl methyl sites for hydroxylation is 2. The fraction of sp³-hybridized carbons (Fsp3) is 0.105. The quantitative estimate of drug-likeness (QED) is 0.216. The van der Waals surface area contributed by atoms with Crippen molar-refractivity contribution in [3.05, 3.63) is 138 Å². The van der Waals surface area contributed by atoms with Crippen LogP contribution in [-0.2, 0) is 6.42 Å². The van der Waals surface area contributed by atoms with Crippen LogP contribution in [-0.4, -0.2) is 6.54 Å². The van der Waals surface area contributed by atoms with E-state index in [1.54, 1.807) is 0 Å². The molecule has 192 valence electrons. The number of anilines is 5. The van der Waals surface area contributed by atoms with Crippen molar-refractivity contribution in [2.24, 2.45) is 0 Å². The van der Waals surface area contributed by atoms with Gasteiger partial charge in [0.2, 0.25) is 0 Å². The summed E-state index contributed by atoms with van der Waals surface area (Å²) in [6.45, 7) is 5.38. The molecule has 0 aliphatic carbocycles. The van der Waals surface area contributed by atoms with E-state index in [-0.39, 0.29) is 0 Å². The summed E-state index contributed by atoms with van der Waals surface area (Å²) < 4.78 is 0. The summed E-state index contributed by atoms with van der Waals surface area (Å²) in [5.74, 6) is 0. The lowest BCUT2D eigenvalue weighted by molar-refractivity contribution is 1.00. The maximum Gasteiger partial charge on any atom is 0.0540 e. The minimum absolute atomic E-state index is 1.02. The molecule has 7 aromatic rings. The number of nitrogens with zero attached hydrogens (tertiary/aromatic N) is 2. The summed E-state index contributed by atoms with van der Waals surface area (Å²) in [5.41, 5.74) is 10.2. The molecule has 0 saturated heterocycles. The summed E-state index contributed by atoms with van der Waals surface area (Å²) in [5, 5.41) is 7.86. The summed E-state index contributed by atoms with van der Waals surface area (Å²) in [7, 11) is 0. The van der Waals surface area contributed by atoms with Gasteiger partial charge in [0.05, 0.1) is 5.69 Å². The highest BCUT2D eigenvalue weighted by molar-refractivity contribution is 6.28. The van der Waals surface area contributed by atoms with Crippen LogP contribution in [0.25, 0.3) is 32.3 Å². The number of fused-ring (bicyclic) bond motifs is 1. The molecule has 0 atom stereocenters. The maximum absolute atomic E-state index is 2.51. The first-order chi connectivity index (χ1) is 19.7. The predicted octanol–water partition coefficient (Wildman–Crippen LogP) is 10.4. The van der Waals surface area contributed by atoms with Crippen LogP contribution in [0, 0.1) is 13.8 Å². The number of hydrogen-bond donors (Lipinski definition) is 0. The van der Waals surface area contributed by atoms with E-state index in [1.165, 1.54) is 71.8 Å². The Bertz CT molecular complexity index is 2020. The molecular weight excluding hydrogens is 484 g/mol. The van der Waals surface area contributed by atoms with Crippen molar-refractivity contribution < 1.29 is 0 Å². The highest BCUT2D eigenvalue weighted by atomic mass is 15.2. The summed E-state index contributed by atoms with van der Waals surface area (Å²) in [4.78, 5) is 4.93. The molecule has 0 N–H and O–H groups in total. The lowest BCUT2D eigenvalue weighted by Gasteiger charge is -2.29. The van der Waals surface area contributed by atoms with E-state index in [0.29, 0.717) is 0 Å². The summed E-state index contributed by atoms with van der Waals surface area (Å²) >= 11 is 0. The van der Waals surface area contributed by atoms with Gasteiger partial charge in [-0.2, -0.15) is 0 Å². The van der Waals surface area contributed by atoms with Gasteiger partial charge in [-0.25, -0.2) is 0 Å². The van der Waals surface area contributed by atoms with E-state index in [1.807, 2.05) is 0 Å². The second kappa shape index (κ2) is 8.86. The van der Waals surface area contributed by atoms with Gasteiger partial charge in [-0.3, -0.25) is 0 Å². The van der Waals surface area contributed by atoms with E-state index in [9.17, 15) is 0 Å². The predicted molar refractivity (Wildman–Crippen MR) is 171 cm³/mol. The molecule has 1 heterocycles. The Kier molecular flexibility index (Phi) is 5.12. The molecule has 0 radical (unpaired) electrons. The highest BCUT2D eigenvalue weighted by Crippen LogP contribution is 2.47. The molecule has 40 heavy (non-hydrogen) atoms. The molecular formula is C38H30N2. The number of hydrogen-bond acceptors (Lipinski definition) is 2. The van der Waals surface area contributed by atoms with Crippen molar-refractivity contribution >= 4 is 60.8 Å². The van der Waals surface area contributed by atoms with E-state index in [4.69, 9.17) is 0 Å². The Morgan fingerprint density at radius 3 is 2.00 bits per heavy atom. The van der Waals surface area contributed by atoms with Crippen LogP contribution in [0.2, 0.25) is 0 Å². The average Bonchev–Trinajstić information content (AvgIpc) is 3.41. The van der Waals surface area contributed by atoms with Crippen LogP contribution >= 0.6 is 0 Å². The summed E-state index contributed by atoms with van der Waals surface area (Å²) in [6.07, 6.45) is 1.09. The molecule has 0 saturated carbocycles. The minimum Gasteiger partial charge on any atom is -0.340 e. The molecule has 2 nitrogen and oxygen atoms in total. The third-order valence-corrected chi connectivity index (χ3v) is 8.52. The highest BCUT2D eigenvalue weighted by Gasteiger charge is 2.24. The van der Waals surface area contributed by atoms with Crippen LogP contribution in [0.5, 0.6) is 0 Å². The lowest BCUT2D eigenvalue weighted by Crippen LogP contribution is -2.13. The van der Waals surface area contributed by atoms with E-state index in [0.717, 1.165) is 18.7 Å². The first kappa shape index (κ1) is 23.1. The molecule has 0 amide bonds. The van der Waals surface area contributed by atoms with Crippen LogP contribution in [0.1, 0.15) is 16.7 Å². The second-order valence-corrected chi connectivity index (χ2v) is 11.1. The number of benzene rings is 7. The maximum atomic E-state index is 2.51. The Hall–Kier alpha value is -4.82. The van der Waals surface area contributed by atoms with Crippen molar-refractivity contribution in [1.82, 2.24) is 0 Å². The first-order valence-electron chi connectivity index (χ1n) is 14.2. The van der Waals surface area contributed by atoms with Crippen molar-refractivity contribution in [1.29, 1.82) is 0 Å². The Balaban J connectivity index is 1.41. The SMILES string of the molecule is Cc1cc(C)cc(N(c2ccccc2)c2ccc3ccc4c(N5CCc6ccccc65)ccc5ccc2c3c54)c1. The molecule has 0 fully saturated rings. The second-order valence-electron chi connectivity index (χ2n) is 11.1. The Labute approximate surface area is 235 Å². The van der Waals surface area contributed by atoms with Gasteiger partial charge in [-0.1, -0.05) is 78.9 Å². The van der Waals surface area contributed by atoms with Crippen LogP contribution < -0.4 is 9.80 Å². The van der Waals surface area contributed by atoms with Crippen molar-refractivity contribution in [2.75, 3.05) is 16.3 Å². The van der Waals surface area contributed by atoms with Crippen LogP contribution in [0.4, 0.5) is 28.4 Å². The molecule has 0 bridgehead atoms. The molecule has 1 aliphatic heterocycles. The van der Waals surface area contributed by atoms with Gasteiger partial charge >= 0.3 is 0 Å². The van der Waals surface area contributed by atoms with Gasteiger partial charge < -0.3 is 9.80 Å². The van der Waals surface area contributed by atoms with Gasteiger partial charge in [0.25, 0.3) is 0 Å². The zero-order valence-electron chi connectivity index (χ0n) is 22.9. The van der Waals surface area contributed by atoms with Crippen molar-refractivity contribution in [2.45, 2.75) is 20.3 Å². The van der Waals surface area contributed by atoms with E-state index < -0.39 is 0 Å². The Morgan fingerprint density at radius 2 is 1.20 bits per heavy atom. The first-order valence-corrected chi connectivity index (χ1v) is 14.2. The molecule has 0 spiro atoms. The van der Waals surface area contributed by atoms with Crippen molar-refractivity contribution in [3.63, 3.8) is 0 Å². The molecule has 7 aromatic carbocycles. The minimum atomic E-state index is 1.02. The Morgan fingerprint density at radius 1 is 0.550 bits per heavy atom. The molecule has 0 aromatic heterocycles. The van der Waals surface area contributed by atoms with Gasteiger partial charge in [-0.05, 0) is 101 Å². The van der Waals surface area contributed by atoms with Gasteiger partial charge in [-0.15, -0.1) is 0 Å². The molecule has 0 unspecified atom stereocenters. The molecule has 8 rings (SSSR count). The summed E-state index contributed by atoms with van der Waals surface area (Å²) in [6, 6.07) is 44.9. The average molecular weight is 515 g/mol. The monoisotopic (exact) mass is 514 g/mol. The lowest BCUT2D eigenvalue weighted by atomic mass is 9.92. The van der Waals surface area contributed by atoms with Gasteiger partial charge in [0.1, 0.15) is 0 Å². The van der Waals surface area contributed by atoms with Gasteiger partial charge in [0.15, 0.2) is 0 Å². The van der Waals surface area contributed by atoms with Crippen LogP contribution in [0.15, 0.2) is 121 Å². The van der Waals surface area contributed by atoms with Crippen LogP contribution in [0.3, 0.4) is 0 Å². The van der Waals surface area contributed by atoms with E-state index >= 15 is 0 Å². The zero-order valence-corrected chi connectivity index (χ0v) is 22.9. The zero-order chi connectivity index (χ0) is 26.8. The largest absolute Gasteiger partial charge is 0.340 e. The molecule has 1 aliphatic rings. The third kappa shape index (κ3) is 3.49. The number of para-hydroxylation sites is 2. The third-order valence-electron chi connectivity index (χ3n) is 8.52.